The van der Waals surface area contributed by atoms with E-state index in [0.717, 1.165) is 11.1 Å². The largest absolute Gasteiger partial charge is 0.113 e. The first kappa shape index (κ1) is 11.8. The van der Waals surface area contributed by atoms with Crippen LogP contribution in [0.3, 0.4) is 0 Å². The zero-order valence-corrected chi connectivity index (χ0v) is 10.6. The molecule has 0 amide bonds. The summed E-state index contributed by atoms with van der Waals surface area (Å²) in [6.07, 6.45) is 0. The maximum atomic E-state index is 6.35. The Morgan fingerprint density at radius 2 is 1.44 bits per heavy atom. The van der Waals surface area contributed by atoms with Crippen molar-refractivity contribution in [2.24, 2.45) is 0 Å². The minimum atomic E-state index is -0.198. The zero-order chi connectivity index (χ0) is 11.5. The first-order valence-electron chi connectivity index (χ1n) is 4.82. The van der Waals surface area contributed by atoms with Gasteiger partial charge in [-0.25, -0.2) is 0 Å². The van der Waals surface area contributed by atoms with Gasteiger partial charge in [-0.3, -0.25) is 0 Å². The van der Waals surface area contributed by atoms with E-state index in [0.29, 0.717) is 10.0 Å². The van der Waals surface area contributed by atoms with Crippen LogP contribution >= 0.6 is 34.8 Å². The first-order valence-corrected chi connectivity index (χ1v) is 6.01. The molecule has 0 nitrogen and oxygen atoms in total. The van der Waals surface area contributed by atoms with Crippen molar-refractivity contribution >= 4 is 34.8 Å². The van der Waals surface area contributed by atoms with Gasteiger partial charge in [-0.1, -0.05) is 59.6 Å². The maximum absolute atomic E-state index is 6.35. The van der Waals surface area contributed by atoms with Crippen LogP contribution in [0.1, 0.15) is 16.5 Å². The summed E-state index contributed by atoms with van der Waals surface area (Å²) in [5, 5.41) is 0.874. The van der Waals surface area contributed by atoms with E-state index in [9.17, 15) is 0 Å². The van der Waals surface area contributed by atoms with E-state index in [2.05, 4.69) is 0 Å². The van der Waals surface area contributed by atoms with Gasteiger partial charge in [-0.2, -0.15) is 0 Å². The smallest absolute Gasteiger partial charge is 0.0835 e. The molecule has 0 saturated carbocycles. The van der Waals surface area contributed by atoms with Gasteiger partial charge in [-0.15, -0.1) is 11.6 Å². The Morgan fingerprint density at radius 1 is 0.750 bits per heavy atom. The summed E-state index contributed by atoms with van der Waals surface area (Å²) in [6, 6.07) is 15.3. The van der Waals surface area contributed by atoms with E-state index in [1.54, 1.807) is 12.1 Å². The van der Waals surface area contributed by atoms with E-state index >= 15 is 0 Å². The first-order chi connectivity index (χ1) is 7.68. The molecule has 0 heterocycles. The fraction of sp³-hybridized carbons (Fsp3) is 0.0769. The van der Waals surface area contributed by atoms with Crippen LogP contribution < -0.4 is 0 Å². The van der Waals surface area contributed by atoms with E-state index in [-0.39, 0.29) is 5.38 Å². The molecule has 0 aliphatic heterocycles. The topological polar surface area (TPSA) is 0 Å². The van der Waals surface area contributed by atoms with Crippen LogP contribution in [-0.4, -0.2) is 0 Å². The monoisotopic (exact) mass is 270 g/mol. The minimum absolute atomic E-state index is 0.198. The molecule has 0 radical (unpaired) electrons. The Hall–Kier alpha value is -0.690. The zero-order valence-electron chi connectivity index (χ0n) is 8.33. The van der Waals surface area contributed by atoms with Gasteiger partial charge in [0.2, 0.25) is 0 Å². The van der Waals surface area contributed by atoms with Crippen molar-refractivity contribution in [1.29, 1.82) is 0 Å². The van der Waals surface area contributed by atoms with Gasteiger partial charge in [0.05, 0.1) is 15.4 Å². The number of halogens is 3. The van der Waals surface area contributed by atoms with E-state index in [1.807, 2.05) is 36.4 Å². The standard InChI is InChI=1S/C13H9Cl3/c14-11-7-6-10(8-12(11)15)13(16)9-4-2-1-3-5-9/h1-8,13H. The molecule has 0 spiro atoms. The summed E-state index contributed by atoms with van der Waals surface area (Å²) < 4.78 is 0. The van der Waals surface area contributed by atoms with Crippen LogP contribution in [0.4, 0.5) is 0 Å². The molecule has 1 atom stereocenters. The quantitative estimate of drug-likeness (QED) is 0.648. The summed E-state index contributed by atoms with van der Waals surface area (Å²) in [6.45, 7) is 0. The molecule has 0 aliphatic rings. The number of hydrogen-bond donors (Lipinski definition) is 0. The molecule has 2 aromatic carbocycles. The van der Waals surface area contributed by atoms with Crippen molar-refractivity contribution in [3.8, 4) is 0 Å². The van der Waals surface area contributed by atoms with E-state index in [4.69, 9.17) is 34.8 Å². The Morgan fingerprint density at radius 3 is 2.06 bits per heavy atom. The third-order valence-corrected chi connectivity index (χ3v) is 3.57. The van der Waals surface area contributed by atoms with Gasteiger partial charge in [0.15, 0.2) is 0 Å². The molecule has 16 heavy (non-hydrogen) atoms. The van der Waals surface area contributed by atoms with Crippen molar-refractivity contribution in [3.05, 3.63) is 69.7 Å². The Labute approximate surface area is 110 Å². The van der Waals surface area contributed by atoms with Crippen LogP contribution in [0, 0.1) is 0 Å². The second-order valence-corrected chi connectivity index (χ2v) is 4.70. The summed E-state index contributed by atoms with van der Waals surface area (Å²) in [5.74, 6) is 0. The number of benzene rings is 2. The van der Waals surface area contributed by atoms with Crippen molar-refractivity contribution in [1.82, 2.24) is 0 Å². The molecule has 0 saturated heterocycles. The number of hydrogen-bond acceptors (Lipinski definition) is 0. The van der Waals surface area contributed by atoms with Gasteiger partial charge < -0.3 is 0 Å². The van der Waals surface area contributed by atoms with Gasteiger partial charge in [-0.05, 0) is 23.3 Å². The molecule has 2 rings (SSSR count). The van der Waals surface area contributed by atoms with Crippen molar-refractivity contribution in [2.75, 3.05) is 0 Å². The molecule has 1 unspecified atom stereocenters. The lowest BCUT2D eigenvalue weighted by molar-refractivity contribution is 1.14. The SMILES string of the molecule is Clc1ccc(C(Cl)c2ccccc2)cc1Cl. The van der Waals surface area contributed by atoms with Crippen molar-refractivity contribution in [2.45, 2.75) is 5.38 Å². The molecule has 0 fully saturated rings. The highest BCUT2D eigenvalue weighted by atomic mass is 35.5. The third kappa shape index (κ3) is 2.52. The van der Waals surface area contributed by atoms with Crippen LogP contribution in [0.15, 0.2) is 48.5 Å². The van der Waals surface area contributed by atoms with E-state index < -0.39 is 0 Å². The maximum Gasteiger partial charge on any atom is 0.0835 e. The number of alkyl halides is 1. The molecule has 0 aliphatic carbocycles. The highest BCUT2D eigenvalue weighted by Crippen LogP contribution is 2.32. The molecule has 82 valence electrons. The summed E-state index contributed by atoms with van der Waals surface area (Å²) in [4.78, 5) is 0. The van der Waals surface area contributed by atoms with Gasteiger partial charge in [0.1, 0.15) is 0 Å². The molecule has 0 bridgehead atoms. The predicted molar refractivity (Wildman–Crippen MR) is 70.6 cm³/mol. The lowest BCUT2D eigenvalue weighted by atomic mass is 10.0. The van der Waals surface area contributed by atoms with Crippen LogP contribution in [0.2, 0.25) is 10.0 Å². The second kappa shape index (κ2) is 5.09. The Balaban J connectivity index is 2.34. The predicted octanol–water partition coefficient (Wildman–Crippen LogP) is 5.32. The van der Waals surface area contributed by atoms with E-state index in [1.165, 1.54) is 0 Å². The lowest BCUT2D eigenvalue weighted by Crippen LogP contribution is -1.92. The fourth-order valence-electron chi connectivity index (χ4n) is 1.48. The van der Waals surface area contributed by atoms with Gasteiger partial charge in [0, 0.05) is 0 Å². The second-order valence-electron chi connectivity index (χ2n) is 3.45. The average Bonchev–Trinajstić information content (AvgIpc) is 2.33. The molecular weight excluding hydrogens is 263 g/mol. The molecule has 0 aromatic heterocycles. The number of rotatable bonds is 2. The summed E-state index contributed by atoms with van der Waals surface area (Å²) in [5.41, 5.74) is 1.99. The molecule has 3 heteroatoms. The summed E-state index contributed by atoms with van der Waals surface area (Å²) in [7, 11) is 0. The Kier molecular flexibility index (Phi) is 3.75. The van der Waals surface area contributed by atoms with Crippen molar-refractivity contribution < 1.29 is 0 Å². The Bertz CT molecular complexity index is 480. The highest BCUT2D eigenvalue weighted by molar-refractivity contribution is 6.42. The highest BCUT2D eigenvalue weighted by Gasteiger charge is 2.11. The molecule has 0 N–H and O–H groups in total. The normalized spacial score (nSPS) is 12.4. The average molecular weight is 272 g/mol. The lowest BCUT2D eigenvalue weighted by Gasteiger charge is -2.10. The van der Waals surface area contributed by atoms with Crippen LogP contribution in [0.25, 0.3) is 0 Å². The van der Waals surface area contributed by atoms with Crippen LogP contribution in [0.5, 0.6) is 0 Å². The summed E-state index contributed by atoms with van der Waals surface area (Å²) >= 11 is 18.2. The third-order valence-electron chi connectivity index (χ3n) is 2.33. The van der Waals surface area contributed by atoms with Gasteiger partial charge in [0.25, 0.3) is 0 Å². The minimum Gasteiger partial charge on any atom is -0.113 e. The molecular formula is C13H9Cl3. The van der Waals surface area contributed by atoms with Crippen LogP contribution in [-0.2, 0) is 0 Å². The van der Waals surface area contributed by atoms with Gasteiger partial charge >= 0.3 is 0 Å². The fourth-order valence-corrected chi connectivity index (χ4v) is 2.07. The van der Waals surface area contributed by atoms with Crippen molar-refractivity contribution in [3.63, 3.8) is 0 Å². The molecule has 2 aromatic rings.